The lowest BCUT2D eigenvalue weighted by Gasteiger charge is -2.44. The largest absolute Gasteiger partial charge is 0.394 e. The van der Waals surface area contributed by atoms with E-state index in [9.17, 15) is 4.79 Å². The molecule has 0 bridgehead atoms. The minimum Gasteiger partial charge on any atom is -0.394 e. The number of allylic oxidation sites excluding steroid dienone is 3. The number of hydrogen-bond donors (Lipinski definition) is 0. The van der Waals surface area contributed by atoms with Gasteiger partial charge in [-0.3, -0.25) is 0 Å². The van der Waals surface area contributed by atoms with Crippen LogP contribution in [0, 0.1) is 0 Å². The molecule has 0 amide bonds. The van der Waals surface area contributed by atoms with E-state index >= 15 is 0 Å². The number of carbonyl (C=O) groups is 1. The lowest BCUT2D eigenvalue weighted by molar-refractivity contribution is -0.112. The van der Waals surface area contributed by atoms with Crippen LogP contribution in [0.2, 0.25) is 5.04 Å². The molecule has 166 valence electrons. The second kappa shape index (κ2) is 12.6. The molecular formula is C28H38O2Si. The molecule has 0 saturated carbocycles. The highest BCUT2D eigenvalue weighted by Gasteiger charge is 2.51. The third-order valence-electron chi connectivity index (χ3n) is 5.60. The molecule has 0 aliphatic carbocycles. The van der Waals surface area contributed by atoms with Crippen LogP contribution in [0.4, 0.5) is 0 Å². The van der Waals surface area contributed by atoms with Gasteiger partial charge in [0, 0.05) is 0 Å². The van der Waals surface area contributed by atoms with Crippen molar-refractivity contribution in [3.63, 3.8) is 0 Å². The Kier molecular flexibility index (Phi) is 10.2. The lowest BCUT2D eigenvalue weighted by atomic mass is 10.2. The SMILES string of the molecule is CCCCC/C=C\C/C=C\[C@H](C=O)O[Si](c1ccccc1)(c1ccccc1)C(C)(C)C. The van der Waals surface area contributed by atoms with Crippen LogP contribution in [0.15, 0.2) is 85.0 Å². The van der Waals surface area contributed by atoms with Crippen molar-refractivity contribution in [3.05, 3.63) is 85.0 Å². The van der Waals surface area contributed by atoms with Gasteiger partial charge in [0.05, 0.1) is 0 Å². The number of carbonyl (C=O) groups excluding carboxylic acids is 1. The monoisotopic (exact) mass is 434 g/mol. The van der Waals surface area contributed by atoms with Crippen molar-refractivity contribution in [3.8, 4) is 0 Å². The van der Waals surface area contributed by atoms with Crippen LogP contribution in [-0.2, 0) is 9.22 Å². The third-order valence-corrected chi connectivity index (χ3v) is 10.6. The summed E-state index contributed by atoms with van der Waals surface area (Å²) < 4.78 is 6.84. The minimum absolute atomic E-state index is 0.149. The summed E-state index contributed by atoms with van der Waals surface area (Å²) in [7, 11) is -2.72. The summed E-state index contributed by atoms with van der Waals surface area (Å²) in [5.41, 5.74) is 0. The quantitative estimate of drug-likeness (QED) is 0.172. The Hall–Kier alpha value is -2.23. The smallest absolute Gasteiger partial charge is 0.262 e. The zero-order chi connectivity index (χ0) is 22.6. The molecule has 0 radical (unpaired) electrons. The maximum Gasteiger partial charge on any atom is 0.262 e. The van der Waals surface area contributed by atoms with Crippen molar-refractivity contribution in [2.45, 2.75) is 70.9 Å². The fraction of sp³-hybridized carbons (Fsp3) is 0.393. The molecule has 0 saturated heterocycles. The summed E-state index contributed by atoms with van der Waals surface area (Å²) >= 11 is 0. The van der Waals surface area contributed by atoms with Crippen LogP contribution in [0.5, 0.6) is 0 Å². The lowest BCUT2D eigenvalue weighted by Crippen LogP contribution is -2.67. The van der Waals surface area contributed by atoms with E-state index in [1.807, 2.05) is 24.3 Å². The van der Waals surface area contributed by atoms with E-state index < -0.39 is 14.4 Å². The fourth-order valence-corrected chi connectivity index (χ4v) is 8.58. The van der Waals surface area contributed by atoms with Crippen molar-refractivity contribution >= 4 is 25.0 Å². The second-order valence-electron chi connectivity index (χ2n) is 9.01. The van der Waals surface area contributed by atoms with E-state index in [1.54, 1.807) is 0 Å². The Morgan fingerprint density at radius 1 is 0.871 bits per heavy atom. The normalized spacial score (nSPS) is 13.7. The van der Waals surface area contributed by atoms with Gasteiger partial charge in [0.1, 0.15) is 6.10 Å². The molecular weight excluding hydrogens is 396 g/mol. The summed E-state index contributed by atoms with van der Waals surface area (Å²) in [4.78, 5) is 12.0. The second-order valence-corrected chi connectivity index (χ2v) is 13.3. The molecule has 3 heteroatoms. The molecule has 0 N–H and O–H groups in total. The van der Waals surface area contributed by atoms with Gasteiger partial charge in [0.25, 0.3) is 8.32 Å². The molecule has 0 aliphatic heterocycles. The zero-order valence-corrected chi connectivity index (χ0v) is 20.6. The minimum atomic E-state index is -2.72. The van der Waals surface area contributed by atoms with Crippen molar-refractivity contribution in [2.24, 2.45) is 0 Å². The molecule has 0 unspecified atom stereocenters. The summed E-state index contributed by atoms with van der Waals surface area (Å²) in [5.74, 6) is 0. The molecule has 2 aromatic carbocycles. The van der Waals surface area contributed by atoms with E-state index in [1.165, 1.54) is 29.6 Å². The van der Waals surface area contributed by atoms with Crippen molar-refractivity contribution < 1.29 is 9.22 Å². The first kappa shape index (κ1) is 25.0. The first-order chi connectivity index (χ1) is 15.0. The van der Waals surface area contributed by atoms with Crippen LogP contribution >= 0.6 is 0 Å². The van der Waals surface area contributed by atoms with Gasteiger partial charge in [-0.05, 0) is 34.7 Å². The third kappa shape index (κ3) is 6.88. The molecule has 0 heterocycles. The average Bonchev–Trinajstić information content (AvgIpc) is 2.78. The number of hydrogen-bond acceptors (Lipinski definition) is 2. The summed E-state index contributed by atoms with van der Waals surface area (Å²) in [6, 6.07) is 20.9. The molecule has 0 aliphatic rings. The Balaban J connectivity index is 2.30. The van der Waals surface area contributed by atoms with Crippen LogP contribution in [0.3, 0.4) is 0 Å². The van der Waals surface area contributed by atoms with E-state index in [0.29, 0.717) is 0 Å². The number of rotatable bonds is 12. The molecule has 2 aromatic rings. The van der Waals surface area contributed by atoms with Gasteiger partial charge in [-0.2, -0.15) is 0 Å². The van der Waals surface area contributed by atoms with Crippen LogP contribution in [-0.4, -0.2) is 20.7 Å². The van der Waals surface area contributed by atoms with E-state index in [0.717, 1.165) is 19.1 Å². The average molecular weight is 435 g/mol. The van der Waals surface area contributed by atoms with Gasteiger partial charge in [-0.1, -0.05) is 126 Å². The number of unbranched alkanes of at least 4 members (excludes halogenated alkanes) is 3. The predicted octanol–water partition coefficient (Wildman–Crippen LogP) is 6.21. The van der Waals surface area contributed by atoms with Crippen molar-refractivity contribution in [1.29, 1.82) is 0 Å². The highest BCUT2D eigenvalue weighted by Crippen LogP contribution is 2.37. The van der Waals surface area contributed by atoms with Crippen LogP contribution < -0.4 is 10.4 Å². The Labute approximate surface area is 190 Å². The first-order valence-electron chi connectivity index (χ1n) is 11.5. The maximum absolute atomic E-state index is 12.0. The fourth-order valence-electron chi connectivity index (χ4n) is 4.03. The highest BCUT2D eigenvalue weighted by atomic mass is 28.4. The maximum atomic E-state index is 12.0. The van der Waals surface area contributed by atoms with Gasteiger partial charge >= 0.3 is 0 Å². The number of aldehydes is 1. The molecule has 1 atom stereocenters. The number of benzene rings is 2. The Morgan fingerprint density at radius 3 is 1.94 bits per heavy atom. The molecule has 2 rings (SSSR count). The van der Waals surface area contributed by atoms with Gasteiger partial charge in [0.15, 0.2) is 6.29 Å². The van der Waals surface area contributed by atoms with Gasteiger partial charge in [0.2, 0.25) is 0 Å². The Bertz CT molecular complexity index is 780. The van der Waals surface area contributed by atoms with Gasteiger partial charge in [-0.15, -0.1) is 0 Å². The van der Waals surface area contributed by atoms with Crippen LogP contribution in [0.1, 0.15) is 59.8 Å². The molecule has 0 spiro atoms. The van der Waals surface area contributed by atoms with E-state index in [4.69, 9.17) is 4.43 Å². The van der Waals surface area contributed by atoms with E-state index in [2.05, 4.69) is 88.4 Å². The van der Waals surface area contributed by atoms with Gasteiger partial charge < -0.3 is 9.22 Å². The van der Waals surface area contributed by atoms with Crippen molar-refractivity contribution in [1.82, 2.24) is 0 Å². The molecule has 31 heavy (non-hydrogen) atoms. The van der Waals surface area contributed by atoms with Crippen molar-refractivity contribution in [2.75, 3.05) is 0 Å². The molecule has 0 aromatic heterocycles. The van der Waals surface area contributed by atoms with Gasteiger partial charge in [-0.25, -0.2) is 0 Å². The molecule has 0 fully saturated rings. The summed E-state index contributed by atoms with van der Waals surface area (Å²) in [5, 5.41) is 2.22. The predicted molar refractivity (Wildman–Crippen MR) is 136 cm³/mol. The topological polar surface area (TPSA) is 26.3 Å². The van der Waals surface area contributed by atoms with Crippen LogP contribution in [0.25, 0.3) is 0 Å². The highest BCUT2D eigenvalue weighted by molar-refractivity contribution is 6.99. The summed E-state index contributed by atoms with van der Waals surface area (Å²) in [6.07, 6.45) is 14.4. The Morgan fingerprint density at radius 2 is 1.45 bits per heavy atom. The molecule has 2 nitrogen and oxygen atoms in total. The standard InChI is InChI=1S/C28H38O2Si/c1-5-6-7-8-9-10-11-14-19-25(24-29)30-31(28(2,3)4,26-20-15-12-16-21-26)27-22-17-13-18-23-27/h9-10,12-25H,5-8,11H2,1-4H3/b10-9-,19-14-/t25-/m1/s1. The summed E-state index contributed by atoms with van der Waals surface area (Å²) in [6.45, 7) is 8.90. The van der Waals surface area contributed by atoms with E-state index in [-0.39, 0.29) is 5.04 Å². The first-order valence-corrected chi connectivity index (χ1v) is 13.4. The zero-order valence-electron chi connectivity index (χ0n) is 19.6.